The van der Waals surface area contributed by atoms with Crippen LogP contribution >= 0.6 is 0 Å². The molecule has 0 radical (unpaired) electrons. The highest BCUT2D eigenvalue weighted by Crippen LogP contribution is 2.16. The Balaban J connectivity index is 1.60. The minimum absolute atomic E-state index is 0.0430. The second-order valence-corrected chi connectivity index (χ2v) is 6.01. The van der Waals surface area contributed by atoms with Crippen molar-refractivity contribution in [3.63, 3.8) is 0 Å². The third-order valence-corrected chi connectivity index (χ3v) is 3.95. The van der Waals surface area contributed by atoms with Crippen LogP contribution in [0.4, 0.5) is 0 Å². The van der Waals surface area contributed by atoms with E-state index in [1.54, 1.807) is 0 Å². The van der Waals surface area contributed by atoms with Crippen molar-refractivity contribution < 1.29 is 9.53 Å². The van der Waals surface area contributed by atoms with Crippen LogP contribution in [-0.4, -0.2) is 44.5 Å². The van der Waals surface area contributed by atoms with Crippen LogP contribution in [0, 0.1) is 13.8 Å². The van der Waals surface area contributed by atoms with E-state index in [0.29, 0.717) is 19.1 Å². The Kier molecular flexibility index (Phi) is 4.60. The monoisotopic (exact) mass is 314 g/mol. The van der Waals surface area contributed by atoms with Crippen molar-refractivity contribution in [1.29, 1.82) is 0 Å². The van der Waals surface area contributed by atoms with E-state index in [0.717, 1.165) is 30.8 Å². The summed E-state index contributed by atoms with van der Waals surface area (Å²) in [5, 5.41) is 0. The number of ether oxygens (including phenoxy) is 1. The van der Waals surface area contributed by atoms with Crippen molar-refractivity contribution in [2.24, 2.45) is 0 Å². The average Bonchev–Trinajstić information content (AvgIpc) is 2.99. The molecule has 1 aliphatic heterocycles. The van der Waals surface area contributed by atoms with Crippen molar-refractivity contribution in [3.8, 4) is 6.01 Å². The molecule has 122 valence electrons. The van der Waals surface area contributed by atoms with Gasteiger partial charge in [-0.2, -0.15) is 0 Å². The quantitative estimate of drug-likeness (QED) is 0.865. The molecule has 0 aliphatic carbocycles. The molecule has 0 aromatic carbocycles. The van der Waals surface area contributed by atoms with Gasteiger partial charge in [-0.3, -0.25) is 4.79 Å². The van der Waals surface area contributed by atoms with E-state index >= 15 is 0 Å². The predicted molar refractivity (Wildman–Crippen MR) is 86.2 cm³/mol. The highest BCUT2D eigenvalue weighted by atomic mass is 16.5. The van der Waals surface area contributed by atoms with E-state index in [1.807, 2.05) is 53.9 Å². The molecule has 1 amide bonds. The SMILES string of the molecule is Cc1cc(C)nc(OC2CCCN(C(=O)Cn3cccc3)C2)n1. The minimum Gasteiger partial charge on any atom is -0.458 e. The first kappa shape index (κ1) is 15.5. The molecule has 23 heavy (non-hydrogen) atoms. The van der Waals surface area contributed by atoms with Gasteiger partial charge in [0.1, 0.15) is 12.6 Å². The van der Waals surface area contributed by atoms with Gasteiger partial charge >= 0.3 is 6.01 Å². The summed E-state index contributed by atoms with van der Waals surface area (Å²) in [5.41, 5.74) is 1.78. The Morgan fingerprint density at radius 3 is 2.65 bits per heavy atom. The van der Waals surface area contributed by atoms with Gasteiger partial charge in [-0.05, 0) is 44.9 Å². The molecule has 0 bridgehead atoms. The lowest BCUT2D eigenvalue weighted by Crippen LogP contribution is -2.45. The molecule has 0 N–H and O–H groups in total. The number of carbonyl (C=O) groups excluding carboxylic acids is 1. The van der Waals surface area contributed by atoms with E-state index in [1.165, 1.54) is 0 Å². The molecule has 1 saturated heterocycles. The summed E-state index contributed by atoms with van der Waals surface area (Å²) in [6, 6.07) is 6.17. The van der Waals surface area contributed by atoms with Crippen molar-refractivity contribution >= 4 is 5.91 Å². The highest BCUT2D eigenvalue weighted by molar-refractivity contribution is 5.76. The lowest BCUT2D eigenvalue weighted by atomic mass is 10.1. The zero-order chi connectivity index (χ0) is 16.2. The predicted octanol–water partition coefficient (Wildman–Crippen LogP) is 1.96. The lowest BCUT2D eigenvalue weighted by Gasteiger charge is -2.32. The van der Waals surface area contributed by atoms with Gasteiger partial charge in [0.2, 0.25) is 5.91 Å². The summed E-state index contributed by atoms with van der Waals surface area (Å²) < 4.78 is 7.80. The average molecular weight is 314 g/mol. The standard InChI is InChI=1S/C17H22N4O2/c1-13-10-14(2)19-17(18-13)23-15-6-5-9-21(11-15)16(22)12-20-7-3-4-8-20/h3-4,7-8,10,15H,5-6,9,11-12H2,1-2H3. The molecule has 1 fully saturated rings. The van der Waals surface area contributed by atoms with Crippen LogP contribution < -0.4 is 4.74 Å². The molecule has 2 aromatic heterocycles. The minimum atomic E-state index is -0.0430. The van der Waals surface area contributed by atoms with E-state index in [2.05, 4.69) is 9.97 Å². The fourth-order valence-corrected chi connectivity index (χ4v) is 2.89. The largest absolute Gasteiger partial charge is 0.458 e. The molecule has 0 spiro atoms. The second kappa shape index (κ2) is 6.81. The van der Waals surface area contributed by atoms with Gasteiger partial charge in [0.25, 0.3) is 0 Å². The van der Waals surface area contributed by atoms with Gasteiger partial charge in [0, 0.05) is 30.3 Å². The molecule has 0 saturated carbocycles. The number of likely N-dealkylation sites (tertiary alicyclic amines) is 1. The number of rotatable bonds is 4. The van der Waals surface area contributed by atoms with Crippen LogP contribution in [0.25, 0.3) is 0 Å². The van der Waals surface area contributed by atoms with Gasteiger partial charge < -0.3 is 14.2 Å². The Hall–Kier alpha value is -2.37. The van der Waals surface area contributed by atoms with Crippen molar-refractivity contribution in [1.82, 2.24) is 19.4 Å². The normalized spacial score (nSPS) is 18.0. The molecule has 1 aliphatic rings. The third kappa shape index (κ3) is 4.09. The molecular formula is C17H22N4O2. The number of hydrogen-bond donors (Lipinski definition) is 0. The summed E-state index contributed by atoms with van der Waals surface area (Å²) in [7, 11) is 0. The first-order valence-corrected chi connectivity index (χ1v) is 7.97. The molecule has 3 rings (SSSR count). The summed E-state index contributed by atoms with van der Waals surface area (Å²) in [6.45, 7) is 5.61. The van der Waals surface area contributed by atoms with Crippen molar-refractivity contribution in [3.05, 3.63) is 42.0 Å². The summed E-state index contributed by atoms with van der Waals surface area (Å²) in [6.07, 6.45) is 5.62. The van der Waals surface area contributed by atoms with E-state index in [4.69, 9.17) is 4.74 Å². The number of nitrogens with zero attached hydrogens (tertiary/aromatic N) is 4. The molecule has 1 unspecified atom stereocenters. The number of carbonyl (C=O) groups is 1. The molecule has 2 aromatic rings. The maximum absolute atomic E-state index is 12.4. The number of aromatic nitrogens is 3. The van der Waals surface area contributed by atoms with E-state index in [-0.39, 0.29) is 12.0 Å². The van der Waals surface area contributed by atoms with Crippen LogP contribution in [-0.2, 0) is 11.3 Å². The molecule has 6 nitrogen and oxygen atoms in total. The summed E-state index contributed by atoms with van der Waals surface area (Å²) in [4.78, 5) is 22.9. The van der Waals surface area contributed by atoms with Gasteiger partial charge in [-0.15, -0.1) is 0 Å². The molecular weight excluding hydrogens is 292 g/mol. The Bertz CT molecular complexity index is 649. The fourth-order valence-electron chi connectivity index (χ4n) is 2.89. The van der Waals surface area contributed by atoms with Crippen LogP contribution in [0.5, 0.6) is 6.01 Å². The van der Waals surface area contributed by atoms with Gasteiger partial charge in [0.15, 0.2) is 0 Å². The number of hydrogen-bond acceptors (Lipinski definition) is 4. The Morgan fingerprint density at radius 2 is 1.96 bits per heavy atom. The van der Waals surface area contributed by atoms with Gasteiger partial charge in [-0.1, -0.05) is 0 Å². The first-order valence-electron chi connectivity index (χ1n) is 7.97. The summed E-state index contributed by atoms with van der Waals surface area (Å²) in [5.74, 6) is 0.121. The van der Waals surface area contributed by atoms with Crippen LogP contribution in [0.15, 0.2) is 30.6 Å². The first-order chi connectivity index (χ1) is 11.1. The van der Waals surface area contributed by atoms with E-state index < -0.39 is 0 Å². The zero-order valence-electron chi connectivity index (χ0n) is 13.6. The molecule has 3 heterocycles. The van der Waals surface area contributed by atoms with Crippen LogP contribution in [0.1, 0.15) is 24.2 Å². The second-order valence-electron chi connectivity index (χ2n) is 6.01. The van der Waals surface area contributed by atoms with Crippen molar-refractivity contribution in [2.45, 2.75) is 39.3 Å². The Morgan fingerprint density at radius 1 is 1.26 bits per heavy atom. The third-order valence-electron chi connectivity index (χ3n) is 3.95. The maximum Gasteiger partial charge on any atom is 0.317 e. The maximum atomic E-state index is 12.4. The van der Waals surface area contributed by atoms with Crippen LogP contribution in [0.2, 0.25) is 0 Å². The fraction of sp³-hybridized carbons (Fsp3) is 0.471. The zero-order valence-corrected chi connectivity index (χ0v) is 13.6. The number of piperidine rings is 1. The topological polar surface area (TPSA) is 60.2 Å². The van der Waals surface area contributed by atoms with Gasteiger partial charge in [0.05, 0.1) is 6.54 Å². The van der Waals surface area contributed by atoms with E-state index in [9.17, 15) is 4.79 Å². The van der Waals surface area contributed by atoms with Crippen LogP contribution in [0.3, 0.4) is 0 Å². The van der Waals surface area contributed by atoms with Gasteiger partial charge in [-0.25, -0.2) is 9.97 Å². The molecule has 1 atom stereocenters. The Labute approximate surface area is 136 Å². The molecule has 6 heteroatoms. The van der Waals surface area contributed by atoms with Crippen molar-refractivity contribution in [2.75, 3.05) is 13.1 Å². The highest BCUT2D eigenvalue weighted by Gasteiger charge is 2.25. The number of amides is 1. The number of aryl methyl sites for hydroxylation is 2. The lowest BCUT2D eigenvalue weighted by molar-refractivity contribution is -0.134. The smallest absolute Gasteiger partial charge is 0.317 e. The summed E-state index contributed by atoms with van der Waals surface area (Å²) >= 11 is 0.